The normalized spacial score (nSPS) is 10.7. The predicted molar refractivity (Wildman–Crippen MR) is 85.0 cm³/mol. The van der Waals surface area contributed by atoms with Crippen LogP contribution in [-0.4, -0.2) is 4.98 Å². The second-order valence-corrected chi connectivity index (χ2v) is 5.17. The lowest BCUT2D eigenvalue weighted by molar-refractivity contribution is 1.14. The van der Waals surface area contributed by atoms with Crippen molar-refractivity contribution in [2.45, 2.75) is 20.4 Å². The van der Waals surface area contributed by atoms with E-state index in [2.05, 4.69) is 65.8 Å². The Kier molecular flexibility index (Phi) is 3.38. The van der Waals surface area contributed by atoms with E-state index in [4.69, 9.17) is 0 Å². The van der Waals surface area contributed by atoms with Crippen molar-refractivity contribution in [1.29, 1.82) is 0 Å². The number of fused-ring (bicyclic) bond motifs is 1. The Balaban J connectivity index is 1.87. The van der Waals surface area contributed by atoms with Gasteiger partial charge in [0.05, 0.1) is 11.2 Å². The number of aryl methyl sites for hydroxylation is 2. The van der Waals surface area contributed by atoms with Crippen LogP contribution >= 0.6 is 0 Å². The summed E-state index contributed by atoms with van der Waals surface area (Å²) in [5.41, 5.74) is 5.74. The number of aromatic nitrogens is 1. The zero-order valence-corrected chi connectivity index (χ0v) is 11.9. The molecule has 0 spiro atoms. The molecule has 0 radical (unpaired) electrons. The first kappa shape index (κ1) is 12.7. The van der Waals surface area contributed by atoms with Crippen LogP contribution in [0.5, 0.6) is 0 Å². The molecule has 1 aromatic heterocycles. The van der Waals surface area contributed by atoms with Crippen LogP contribution in [0.3, 0.4) is 0 Å². The molecule has 0 aliphatic heterocycles. The topological polar surface area (TPSA) is 24.9 Å². The Labute approximate surface area is 119 Å². The Bertz CT molecular complexity index is 730. The molecule has 0 amide bonds. The number of para-hydroxylation sites is 1. The van der Waals surface area contributed by atoms with Crippen LogP contribution in [0.25, 0.3) is 10.9 Å². The van der Waals surface area contributed by atoms with Crippen molar-refractivity contribution in [3.05, 3.63) is 71.4 Å². The van der Waals surface area contributed by atoms with Crippen LogP contribution in [0.2, 0.25) is 0 Å². The standard InChI is InChI=1S/C18H18N2/c1-13-6-9-15(10-7-13)12-19-17-5-3-4-16-11-8-14(2)20-18(16)17/h3-11,19H,12H2,1-2H3. The number of nitrogens with one attached hydrogen (secondary N) is 1. The highest BCUT2D eigenvalue weighted by Crippen LogP contribution is 2.22. The smallest absolute Gasteiger partial charge is 0.0936 e. The summed E-state index contributed by atoms with van der Waals surface area (Å²) in [6.07, 6.45) is 0. The zero-order chi connectivity index (χ0) is 13.9. The highest BCUT2D eigenvalue weighted by Gasteiger charge is 2.02. The maximum absolute atomic E-state index is 4.64. The molecule has 3 aromatic rings. The van der Waals surface area contributed by atoms with Crippen molar-refractivity contribution < 1.29 is 0 Å². The molecule has 2 aromatic carbocycles. The van der Waals surface area contributed by atoms with Gasteiger partial charge in [0, 0.05) is 17.6 Å². The van der Waals surface area contributed by atoms with E-state index in [9.17, 15) is 0 Å². The SMILES string of the molecule is Cc1ccc(CNc2cccc3ccc(C)nc23)cc1. The average Bonchev–Trinajstić information content (AvgIpc) is 2.47. The second-order valence-electron chi connectivity index (χ2n) is 5.17. The van der Waals surface area contributed by atoms with Crippen LogP contribution in [0.1, 0.15) is 16.8 Å². The van der Waals surface area contributed by atoms with Gasteiger partial charge in [-0.05, 0) is 31.5 Å². The Morgan fingerprint density at radius 3 is 2.50 bits per heavy atom. The summed E-state index contributed by atoms with van der Waals surface area (Å²) in [6.45, 7) is 4.94. The molecule has 3 rings (SSSR count). The quantitative estimate of drug-likeness (QED) is 0.753. The molecule has 20 heavy (non-hydrogen) atoms. The maximum atomic E-state index is 4.64. The van der Waals surface area contributed by atoms with E-state index < -0.39 is 0 Å². The number of hydrogen-bond acceptors (Lipinski definition) is 2. The lowest BCUT2D eigenvalue weighted by Crippen LogP contribution is -2.00. The molecule has 2 nitrogen and oxygen atoms in total. The molecular weight excluding hydrogens is 244 g/mol. The summed E-state index contributed by atoms with van der Waals surface area (Å²) in [4.78, 5) is 4.64. The molecule has 2 heteroatoms. The number of rotatable bonds is 3. The molecule has 0 fully saturated rings. The van der Waals surface area contributed by atoms with Crippen molar-refractivity contribution in [3.8, 4) is 0 Å². The van der Waals surface area contributed by atoms with Crippen LogP contribution in [-0.2, 0) is 6.54 Å². The summed E-state index contributed by atoms with van der Waals surface area (Å²) in [5.74, 6) is 0. The molecule has 100 valence electrons. The van der Waals surface area contributed by atoms with E-state index in [0.29, 0.717) is 0 Å². The van der Waals surface area contributed by atoms with Crippen LogP contribution in [0, 0.1) is 13.8 Å². The summed E-state index contributed by atoms with van der Waals surface area (Å²) < 4.78 is 0. The van der Waals surface area contributed by atoms with E-state index in [0.717, 1.165) is 23.4 Å². The van der Waals surface area contributed by atoms with Gasteiger partial charge in [-0.15, -0.1) is 0 Å². The Morgan fingerprint density at radius 1 is 0.900 bits per heavy atom. The number of hydrogen-bond donors (Lipinski definition) is 1. The number of anilines is 1. The third-order valence-corrected chi connectivity index (χ3v) is 3.46. The average molecular weight is 262 g/mol. The van der Waals surface area contributed by atoms with E-state index in [1.165, 1.54) is 16.5 Å². The summed E-state index contributed by atoms with van der Waals surface area (Å²) >= 11 is 0. The third-order valence-electron chi connectivity index (χ3n) is 3.46. The van der Waals surface area contributed by atoms with Gasteiger partial charge in [0.15, 0.2) is 0 Å². The van der Waals surface area contributed by atoms with Crippen LogP contribution in [0.15, 0.2) is 54.6 Å². The van der Waals surface area contributed by atoms with Crippen molar-refractivity contribution in [2.75, 3.05) is 5.32 Å². The first-order valence-electron chi connectivity index (χ1n) is 6.88. The van der Waals surface area contributed by atoms with E-state index in [1.54, 1.807) is 0 Å². The minimum absolute atomic E-state index is 0.814. The zero-order valence-electron chi connectivity index (χ0n) is 11.9. The predicted octanol–water partition coefficient (Wildman–Crippen LogP) is 4.46. The number of pyridine rings is 1. The van der Waals surface area contributed by atoms with Gasteiger partial charge < -0.3 is 5.32 Å². The highest BCUT2D eigenvalue weighted by molar-refractivity contribution is 5.90. The Morgan fingerprint density at radius 2 is 1.70 bits per heavy atom. The minimum atomic E-state index is 0.814. The van der Waals surface area contributed by atoms with Crippen molar-refractivity contribution in [2.24, 2.45) is 0 Å². The van der Waals surface area contributed by atoms with E-state index >= 15 is 0 Å². The van der Waals surface area contributed by atoms with Gasteiger partial charge in [0.1, 0.15) is 0 Å². The highest BCUT2D eigenvalue weighted by atomic mass is 14.9. The molecule has 0 atom stereocenters. The molecule has 0 unspecified atom stereocenters. The van der Waals surface area contributed by atoms with Gasteiger partial charge in [-0.3, -0.25) is 4.98 Å². The van der Waals surface area contributed by atoms with Gasteiger partial charge in [0.25, 0.3) is 0 Å². The van der Waals surface area contributed by atoms with Gasteiger partial charge in [0.2, 0.25) is 0 Å². The lowest BCUT2D eigenvalue weighted by atomic mass is 10.1. The van der Waals surface area contributed by atoms with Crippen molar-refractivity contribution in [3.63, 3.8) is 0 Å². The summed E-state index contributed by atoms with van der Waals surface area (Å²) in [5, 5.41) is 4.66. The second kappa shape index (κ2) is 5.33. The largest absolute Gasteiger partial charge is 0.379 e. The molecule has 0 saturated carbocycles. The Hall–Kier alpha value is -2.35. The monoisotopic (exact) mass is 262 g/mol. The fraction of sp³-hybridized carbons (Fsp3) is 0.167. The van der Waals surface area contributed by atoms with Crippen molar-refractivity contribution in [1.82, 2.24) is 4.98 Å². The van der Waals surface area contributed by atoms with Crippen LogP contribution < -0.4 is 5.32 Å². The van der Waals surface area contributed by atoms with Crippen molar-refractivity contribution >= 4 is 16.6 Å². The van der Waals surface area contributed by atoms with Gasteiger partial charge in [-0.25, -0.2) is 0 Å². The number of nitrogens with zero attached hydrogens (tertiary/aromatic N) is 1. The molecule has 1 N–H and O–H groups in total. The summed E-state index contributed by atoms with van der Waals surface area (Å²) in [7, 11) is 0. The number of benzene rings is 2. The maximum Gasteiger partial charge on any atom is 0.0936 e. The molecule has 1 heterocycles. The molecular formula is C18H18N2. The van der Waals surface area contributed by atoms with Gasteiger partial charge in [-0.2, -0.15) is 0 Å². The first-order chi connectivity index (χ1) is 9.72. The van der Waals surface area contributed by atoms with Crippen LogP contribution in [0.4, 0.5) is 5.69 Å². The lowest BCUT2D eigenvalue weighted by Gasteiger charge is -2.10. The summed E-state index contributed by atoms with van der Waals surface area (Å²) in [6, 6.07) is 19.0. The van der Waals surface area contributed by atoms with Gasteiger partial charge >= 0.3 is 0 Å². The van der Waals surface area contributed by atoms with E-state index in [1.807, 2.05) is 13.0 Å². The fourth-order valence-electron chi connectivity index (χ4n) is 2.29. The molecule has 0 aliphatic rings. The molecule has 0 saturated heterocycles. The van der Waals surface area contributed by atoms with Gasteiger partial charge in [-0.1, -0.05) is 48.0 Å². The molecule has 0 bridgehead atoms. The minimum Gasteiger partial charge on any atom is -0.379 e. The van der Waals surface area contributed by atoms with E-state index in [-0.39, 0.29) is 0 Å². The molecule has 0 aliphatic carbocycles. The third kappa shape index (κ3) is 2.64. The first-order valence-corrected chi connectivity index (χ1v) is 6.88. The fourth-order valence-corrected chi connectivity index (χ4v) is 2.29.